The number of hydrogen-bond donors (Lipinski definition) is 0. The molecule has 3 aliphatic carbocycles. The zero-order chi connectivity index (χ0) is 43.9. The second-order valence-electron chi connectivity index (χ2n) is 18.7. The molecule has 0 bridgehead atoms. The number of para-hydroxylation sites is 1. The summed E-state index contributed by atoms with van der Waals surface area (Å²) in [7, 11) is 0. The van der Waals surface area contributed by atoms with Gasteiger partial charge in [-0.05, 0) is 96.0 Å². The molecule has 2 heterocycles. The summed E-state index contributed by atoms with van der Waals surface area (Å²) in [5.41, 5.74) is 19.3. The van der Waals surface area contributed by atoms with Crippen LogP contribution in [0.4, 0.5) is 17.1 Å². The minimum absolute atomic E-state index is 0.0934. The van der Waals surface area contributed by atoms with Crippen LogP contribution in [0.1, 0.15) is 63.0 Å². The third kappa shape index (κ3) is 6.10. The van der Waals surface area contributed by atoms with Crippen LogP contribution >= 0.6 is 0 Å². The van der Waals surface area contributed by atoms with Crippen molar-refractivity contribution in [2.45, 2.75) is 51.4 Å². The van der Waals surface area contributed by atoms with Crippen LogP contribution in [0.25, 0.3) is 72.9 Å². The van der Waals surface area contributed by atoms with E-state index in [9.17, 15) is 0 Å². The molecule has 3 nitrogen and oxygen atoms in total. The second kappa shape index (κ2) is 15.0. The van der Waals surface area contributed by atoms with Gasteiger partial charge in [-0.15, -0.1) is 0 Å². The lowest BCUT2D eigenvalue weighted by molar-refractivity contribution is 0.449. The van der Waals surface area contributed by atoms with E-state index in [2.05, 4.69) is 233 Å². The molecule has 3 heteroatoms. The van der Waals surface area contributed by atoms with Gasteiger partial charge in [0, 0.05) is 50.2 Å². The predicted octanol–water partition coefficient (Wildman–Crippen LogP) is 17.4. The van der Waals surface area contributed by atoms with Gasteiger partial charge in [0.1, 0.15) is 23.0 Å². The quantitative estimate of drug-likeness (QED) is 0.153. The largest absolute Gasteiger partial charge is 0.459 e. The lowest BCUT2D eigenvalue weighted by Gasteiger charge is -2.30. The lowest BCUT2D eigenvalue weighted by atomic mass is 9.80. The van der Waals surface area contributed by atoms with E-state index in [4.69, 9.17) is 8.83 Å². The highest BCUT2D eigenvalue weighted by Crippen LogP contribution is 2.62. The third-order valence-electron chi connectivity index (χ3n) is 14.1. The zero-order valence-electron chi connectivity index (χ0n) is 37.2. The van der Waals surface area contributed by atoms with Crippen LogP contribution in [-0.2, 0) is 10.8 Å². The number of rotatable bonds is 8. The number of fused-ring (bicyclic) bond motifs is 6. The van der Waals surface area contributed by atoms with Crippen molar-refractivity contribution in [1.82, 2.24) is 0 Å². The maximum atomic E-state index is 7.28. The first-order valence-electron chi connectivity index (χ1n) is 22.9. The van der Waals surface area contributed by atoms with Crippen molar-refractivity contribution >= 4 is 22.6 Å². The highest BCUT2D eigenvalue weighted by molar-refractivity contribution is 6.01. The van der Waals surface area contributed by atoms with Crippen LogP contribution in [0, 0.1) is 0 Å². The Hall–Kier alpha value is -7.62. The molecule has 0 N–H and O–H groups in total. The minimum atomic E-state index is -0.508. The summed E-state index contributed by atoms with van der Waals surface area (Å²) < 4.78 is 14.4. The second-order valence-corrected chi connectivity index (χ2v) is 18.7. The fourth-order valence-corrected chi connectivity index (χ4v) is 11.0. The highest BCUT2D eigenvalue weighted by Gasteiger charge is 2.48. The summed E-state index contributed by atoms with van der Waals surface area (Å²) in [6.07, 6.45) is 7.09. The molecule has 314 valence electrons. The van der Waals surface area contributed by atoms with Crippen molar-refractivity contribution < 1.29 is 8.83 Å². The van der Waals surface area contributed by atoms with Crippen molar-refractivity contribution in [1.29, 1.82) is 0 Å². The van der Waals surface area contributed by atoms with Crippen molar-refractivity contribution in [2.24, 2.45) is 0 Å². The van der Waals surface area contributed by atoms with E-state index in [1.165, 1.54) is 33.4 Å². The van der Waals surface area contributed by atoms with Gasteiger partial charge >= 0.3 is 0 Å². The van der Waals surface area contributed by atoms with Gasteiger partial charge in [-0.3, -0.25) is 0 Å². The molecule has 65 heavy (non-hydrogen) atoms. The molecule has 0 saturated carbocycles. The van der Waals surface area contributed by atoms with Crippen LogP contribution in [0.2, 0.25) is 0 Å². The molecule has 0 amide bonds. The van der Waals surface area contributed by atoms with Gasteiger partial charge < -0.3 is 13.7 Å². The van der Waals surface area contributed by atoms with Gasteiger partial charge in [0.15, 0.2) is 0 Å². The molecule has 0 atom stereocenters. The van der Waals surface area contributed by atoms with E-state index in [0.29, 0.717) is 0 Å². The molecular formula is C62H49NO2. The first-order chi connectivity index (χ1) is 31.8. The maximum Gasteiger partial charge on any atom is 0.143 e. The number of furan rings is 2. The van der Waals surface area contributed by atoms with Crippen molar-refractivity contribution in [3.8, 4) is 67.4 Å². The predicted molar refractivity (Wildman–Crippen MR) is 269 cm³/mol. The molecule has 0 aliphatic heterocycles. The van der Waals surface area contributed by atoms with Gasteiger partial charge in [0.05, 0.1) is 16.7 Å². The van der Waals surface area contributed by atoms with E-state index in [1.807, 2.05) is 0 Å². The monoisotopic (exact) mass is 839 g/mol. The highest BCUT2D eigenvalue weighted by atomic mass is 16.4. The Bertz CT molecular complexity index is 3330. The van der Waals surface area contributed by atoms with Crippen LogP contribution in [0.5, 0.6) is 0 Å². The Morgan fingerprint density at radius 2 is 0.954 bits per heavy atom. The number of allylic oxidation sites excluding steroid dienone is 4. The average Bonchev–Trinajstić information content (AvgIpc) is 4.07. The molecule has 9 aromatic rings. The Kier molecular flexibility index (Phi) is 9.00. The Labute approximate surface area is 381 Å². The summed E-state index contributed by atoms with van der Waals surface area (Å²) in [4.78, 5) is 2.45. The van der Waals surface area contributed by atoms with E-state index < -0.39 is 5.41 Å². The average molecular weight is 840 g/mol. The number of nitrogens with zero attached hydrogens (tertiary/aromatic N) is 1. The molecular weight excluding hydrogens is 791 g/mol. The summed E-state index contributed by atoms with van der Waals surface area (Å²) in [5, 5.41) is 0. The van der Waals surface area contributed by atoms with Crippen LogP contribution in [0.15, 0.2) is 215 Å². The molecule has 0 fully saturated rings. The molecule has 0 spiro atoms. The first-order valence-corrected chi connectivity index (χ1v) is 22.9. The van der Waals surface area contributed by atoms with E-state index >= 15 is 0 Å². The van der Waals surface area contributed by atoms with Gasteiger partial charge in [0.25, 0.3) is 0 Å². The SMILES string of the molecule is CC1(C)C2=CCCC=C2c2ccc(N(c3ccc(-c4c(-c5ccccc5)oc5c4C(C)(C)c4oc(-c6ccccc6)c(-c6ccccc6)c4-5)cc3)c3ccccc3-c3ccccc3)cc21. The maximum absolute atomic E-state index is 7.28. The summed E-state index contributed by atoms with van der Waals surface area (Å²) in [5.74, 6) is 3.52. The Morgan fingerprint density at radius 1 is 0.415 bits per heavy atom. The van der Waals surface area contributed by atoms with Crippen molar-refractivity contribution in [2.75, 3.05) is 4.90 Å². The Morgan fingerprint density at radius 3 is 1.62 bits per heavy atom. The molecule has 12 rings (SSSR count). The van der Waals surface area contributed by atoms with Gasteiger partial charge in [-0.2, -0.15) is 0 Å². The lowest BCUT2D eigenvalue weighted by Crippen LogP contribution is -2.17. The van der Waals surface area contributed by atoms with Crippen LogP contribution in [-0.4, -0.2) is 0 Å². The first kappa shape index (κ1) is 39.0. The standard InChI is InChI=1S/C62H49NO2/c1-61(2)50-31-19-17-30-48(50)49-38-37-46(39-51(49)61)63(52-32-20-18-29-47(52)40-21-9-5-10-22-40)45-35-33-42(34-36-45)54-56-59(64-58(54)44-27-15-8-16-28-44)55-53(41-23-11-6-12-24-41)57(43-25-13-7-14-26-43)65-60(55)62(56,3)4/h5-16,18,20-39H,17,19H2,1-4H3. The van der Waals surface area contributed by atoms with Crippen molar-refractivity contribution in [3.05, 3.63) is 228 Å². The summed E-state index contributed by atoms with van der Waals surface area (Å²) in [6.45, 7) is 9.34. The topological polar surface area (TPSA) is 29.5 Å². The van der Waals surface area contributed by atoms with E-state index in [-0.39, 0.29) is 5.41 Å². The molecule has 0 unspecified atom stereocenters. The minimum Gasteiger partial charge on any atom is -0.459 e. The zero-order valence-corrected chi connectivity index (χ0v) is 37.2. The van der Waals surface area contributed by atoms with E-state index in [0.717, 1.165) is 97.5 Å². The van der Waals surface area contributed by atoms with Crippen LogP contribution < -0.4 is 4.90 Å². The van der Waals surface area contributed by atoms with Crippen molar-refractivity contribution in [3.63, 3.8) is 0 Å². The molecule has 0 radical (unpaired) electrons. The number of hydrogen-bond acceptors (Lipinski definition) is 3. The van der Waals surface area contributed by atoms with Gasteiger partial charge in [-0.1, -0.05) is 184 Å². The molecule has 0 saturated heterocycles. The number of anilines is 3. The van der Waals surface area contributed by atoms with Gasteiger partial charge in [0.2, 0.25) is 0 Å². The third-order valence-corrected chi connectivity index (χ3v) is 14.1. The fourth-order valence-electron chi connectivity index (χ4n) is 11.0. The van der Waals surface area contributed by atoms with Gasteiger partial charge in [-0.25, -0.2) is 0 Å². The molecule has 3 aliphatic rings. The normalized spacial score (nSPS) is 15.1. The fraction of sp³-hybridized carbons (Fsp3) is 0.129. The van der Waals surface area contributed by atoms with E-state index in [1.54, 1.807) is 0 Å². The molecule has 7 aromatic carbocycles. The number of benzene rings is 7. The smallest absolute Gasteiger partial charge is 0.143 e. The Balaban J connectivity index is 1.05. The van der Waals surface area contributed by atoms with Crippen LogP contribution in [0.3, 0.4) is 0 Å². The summed E-state index contributed by atoms with van der Waals surface area (Å²) >= 11 is 0. The molecule has 2 aromatic heterocycles. The summed E-state index contributed by atoms with van der Waals surface area (Å²) in [6, 6.07) is 67.4.